The first-order valence-corrected chi connectivity index (χ1v) is 7.34. The van der Waals surface area contributed by atoms with E-state index in [0.29, 0.717) is 5.56 Å². The number of carbonyl (C=O) groups is 1. The maximum Gasteiger partial charge on any atom is 0.338 e. The van der Waals surface area contributed by atoms with Crippen molar-refractivity contribution >= 4 is 31.7 Å². The van der Waals surface area contributed by atoms with Gasteiger partial charge in [0.25, 0.3) is 0 Å². The highest BCUT2D eigenvalue weighted by atomic mass is 79.9. The lowest BCUT2D eigenvalue weighted by molar-refractivity contribution is 0.0529. The van der Waals surface area contributed by atoms with Crippen LogP contribution in [-0.2, 0) is 14.6 Å². The van der Waals surface area contributed by atoms with E-state index in [9.17, 15) is 13.2 Å². The number of sulfone groups is 1. The summed E-state index contributed by atoms with van der Waals surface area (Å²) in [6.45, 7) is -0.121. The average Bonchev–Trinajstić information content (AvgIpc) is 2.15. The topological polar surface area (TPSA) is 60.4 Å². The molecular formula is C10H11BrO4S. The van der Waals surface area contributed by atoms with Gasteiger partial charge < -0.3 is 4.74 Å². The summed E-state index contributed by atoms with van der Waals surface area (Å²) >= 11 is 3.23. The van der Waals surface area contributed by atoms with E-state index in [2.05, 4.69) is 15.9 Å². The van der Waals surface area contributed by atoms with E-state index in [1.807, 2.05) is 0 Å². The molecule has 1 aromatic carbocycles. The van der Waals surface area contributed by atoms with E-state index in [1.165, 1.54) is 0 Å². The molecule has 0 radical (unpaired) electrons. The van der Waals surface area contributed by atoms with Crippen LogP contribution in [0.3, 0.4) is 0 Å². The van der Waals surface area contributed by atoms with Gasteiger partial charge in [0, 0.05) is 10.7 Å². The molecule has 0 aliphatic carbocycles. The number of carbonyl (C=O) groups excluding carboxylic acids is 1. The quantitative estimate of drug-likeness (QED) is 0.794. The molecule has 0 fully saturated rings. The first-order valence-electron chi connectivity index (χ1n) is 4.49. The van der Waals surface area contributed by atoms with E-state index in [-0.39, 0.29) is 12.4 Å². The van der Waals surface area contributed by atoms with Gasteiger partial charge in [-0.3, -0.25) is 0 Å². The Balaban J connectivity index is 2.54. The summed E-state index contributed by atoms with van der Waals surface area (Å²) in [5.74, 6) is -0.683. The Bertz CT molecular complexity index is 481. The minimum absolute atomic E-state index is 0.121. The Kier molecular flexibility index (Phi) is 4.49. The van der Waals surface area contributed by atoms with Gasteiger partial charge in [0.15, 0.2) is 9.84 Å². The highest BCUT2D eigenvalue weighted by molar-refractivity contribution is 9.10. The van der Waals surface area contributed by atoms with Gasteiger partial charge in [-0.05, 0) is 18.2 Å². The Labute approximate surface area is 103 Å². The predicted molar refractivity (Wildman–Crippen MR) is 64.1 cm³/mol. The molecule has 0 atom stereocenters. The molecular weight excluding hydrogens is 296 g/mol. The highest BCUT2D eigenvalue weighted by Gasteiger charge is 2.09. The largest absolute Gasteiger partial charge is 0.461 e. The van der Waals surface area contributed by atoms with Crippen molar-refractivity contribution in [1.82, 2.24) is 0 Å². The lowest BCUT2D eigenvalue weighted by atomic mass is 10.2. The molecule has 0 amide bonds. The summed E-state index contributed by atoms with van der Waals surface area (Å²) < 4.78 is 27.2. The van der Waals surface area contributed by atoms with E-state index in [4.69, 9.17) is 4.74 Å². The number of halogens is 1. The fraction of sp³-hybridized carbons (Fsp3) is 0.300. The van der Waals surface area contributed by atoms with Crippen molar-refractivity contribution in [2.45, 2.75) is 0 Å². The molecule has 16 heavy (non-hydrogen) atoms. The van der Waals surface area contributed by atoms with Gasteiger partial charge in [0.1, 0.15) is 6.61 Å². The summed E-state index contributed by atoms with van der Waals surface area (Å²) in [7, 11) is -3.10. The third kappa shape index (κ3) is 4.76. The molecule has 6 heteroatoms. The molecule has 0 aliphatic rings. The Morgan fingerprint density at radius 3 is 2.69 bits per heavy atom. The van der Waals surface area contributed by atoms with E-state index in [0.717, 1.165) is 10.7 Å². The van der Waals surface area contributed by atoms with Gasteiger partial charge in [0.2, 0.25) is 0 Å². The van der Waals surface area contributed by atoms with E-state index in [1.54, 1.807) is 24.3 Å². The SMILES string of the molecule is CS(=O)(=O)CCOC(=O)c1cccc(Br)c1. The summed E-state index contributed by atoms with van der Waals surface area (Å²) in [6.07, 6.45) is 1.10. The fourth-order valence-corrected chi connectivity index (χ4v) is 1.77. The smallest absolute Gasteiger partial charge is 0.338 e. The highest BCUT2D eigenvalue weighted by Crippen LogP contribution is 2.12. The number of ether oxygens (including phenoxy) is 1. The molecule has 0 aromatic heterocycles. The first-order chi connectivity index (χ1) is 7.38. The number of benzene rings is 1. The fourth-order valence-electron chi connectivity index (χ4n) is 0.985. The van der Waals surface area contributed by atoms with Crippen LogP contribution in [0.1, 0.15) is 10.4 Å². The van der Waals surface area contributed by atoms with Crippen molar-refractivity contribution in [3.8, 4) is 0 Å². The van der Waals surface area contributed by atoms with Crippen LogP contribution in [0.5, 0.6) is 0 Å². The van der Waals surface area contributed by atoms with Gasteiger partial charge >= 0.3 is 5.97 Å². The molecule has 0 spiro atoms. The second-order valence-corrected chi connectivity index (χ2v) is 6.45. The van der Waals surface area contributed by atoms with Crippen LogP contribution in [0.4, 0.5) is 0 Å². The minimum atomic E-state index is -3.10. The van der Waals surface area contributed by atoms with Crippen LogP contribution in [0.25, 0.3) is 0 Å². The Morgan fingerprint density at radius 1 is 1.44 bits per heavy atom. The van der Waals surface area contributed by atoms with Crippen molar-refractivity contribution in [3.05, 3.63) is 34.3 Å². The summed E-state index contributed by atoms with van der Waals surface area (Å²) in [4.78, 5) is 11.4. The van der Waals surface area contributed by atoms with Crippen molar-refractivity contribution < 1.29 is 17.9 Å². The molecule has 0 saturated carbocycles. The molecule has 1 aromatic rings. The zero-order valence-electron chi connectivity index (χ0n) is 8.64. The normalized spacial score (nSPS) is 11.1. The molecule has 4 nitrogen and oxygen atoms in total. The third-order valence-electron chi connectivity index (χ3n) is 1.75. The van der Waals surface area contributed by atoms with Crippen LogP contribution >= 0.6 is 15.9 Å². The monoisotopic (exact) mass is 306 g/mol. The van der Waals surface area contributed by atoms with Gasteiger partial charge in [-0.15, -0.1) is 0 Å². The standard InChI is InChI=1S/C10H11BrO4S/c1-16(13,14)6-5-15-10(12)8-3-2-4-9(11)7-8/h2-4,7H,5-6H2,1H3. The molecule has 0 heterocycles. The average molecular weight is 307 g/mol. The Morgan fingerprint density at radius 2 is 2.12 bits per heavy atom. The summed E-state index contributed by atoms with van der Waals surface area (Å²) in [5.41, 5.74) is 0.392. The lowest BCUT2D eigenvalue weighted by Crippen LogP contribution is -2.14. The zero-order chi connectivity index (χ0) is 12.2. The van der Waals surface area contributed by atoms with Crippen molar-refractivity contribution in [2.75, 3.05) is 18.6 Å². The second kappa shape index (κ2) is 5.45. The molecule has 0 unspecified atom stereocenters. The Hall–Kier alpha value is -0.880. The molecule has 0 saturated heterocycles. The zero-order valence-corrected chi connectivity index (χ0v) is 11.0. The summed E-state index contributed by atoms with van der Waals surface area (Å²) in [5, 5.41) is 0. The van der Waals surface area contributed by atoms with Gasteiger partial charge in [-0.25, -0.2) is 13.2 Å². The van der Waals surface area contributed by atoms with Crippen LogP contribution < -0.4 is 0 Å². The number of rotatable bonds is 4. The van der Waals surface area contributed by atoms with Crippen LogP contribution in [-0.4, -0.2) is 33.0 Å². The second-order valence-electron chi connectivity index (χ2n) is 3.28. The summed E-state index contributed by atoms with van der Waals surface area (Å²) in [6, 6.07) is 6.71. The molecule has 88 valence electrons. The van der Waals surface area contributed by atoms with Gasteiger partial charge in [-0.1, -0.05) is 22.0 Å². The third-order valence-corrected chi connectivity index (χ3v) is 3.15. The van der Waals surface area contributed by atoms with E-state index >= 15 is 0 Å². The first kappa shape index (κ1) is 13.2. The van der Waals surface area contributed by atoms with Gasteiger partial charge in [-0.2, -0.15) is 0 Å². The van der Waals surface area contributed by atoms with Crippen LogP contribution in [0.2, 0.25) is 0 Å². The van der Waals surface area contributed by atoms with Crippen molar-refractivity contribution in [2.24, 2.45) is 0 Å². The maximum absolute atomic E-state index is 11.4. The molecule has 1 rings (SSSR count). The van der Waals surface area contributed by atoms with Crippen molar-refractivity contribution in [3.63, 3.8) is 0 Å². The van der Waals surface area contributed by atoms with Gasteiger partial charge in [0.05, 0.1) is 11.3 Å². The van der Waals surface area contributed by atoms with Crippen molar-refractivity contribution in [1.29, 1.82) is 0 Å². The van der Waals surface area contributed by atoms with E-state index < -0.39 is 15.8 Å². The predicted octanol–water partition coefficient (Wildman–Crippen LogP) is 1.65. The van der Waals surface area contributed by atoms with Crippen LogP contribution in [0, 0.1) is 0 Å². The lowest BCUT2D eigenvalue weighted by Gasteiger charge is -2.04. The minimum Gasteiger partial charge on any atom is -0.461 e. The maximum atomic E-state index is 11.4. The molecule has 0 bridgehead atoms. The van der Waals surface area contributed by atoms with Crippen LogP contribution in [0.15, 0.2) is 28.7 Å². The number of esters is 1. The number of hydrogen-bond donors (Lipinski definition) is 0. The molecule has 0 N–H and O–H groups in total. The number of hydrogen-bond acceptors (Lipinski definition) is 4. The molecule has 0 aliphatic heterocycles.